The second kappa shape index (κ2) is 43.9. The Bertz CT molecular complexity index is 6850. The number of esters is 1. The third-order valence-electron chi connectivity index (χ3n) is 22.0. The number of aliphatic imine (C=N–C) groups is 1. The molecule has 1 atom stereocenters. The van der Waals surface area contributed by atoms with E-state index in [1.54, 1.807) is 115 Å². The van der Waals surface area contributed by atoms with Crippen molar-refractivity contribution in [2.45, 2.75) is 90.6 Å². The number of rotatable bonds is 16. The molecule has 1 unspecified atom stereocenters. The number of anilines is 5. The van der Waals surface area contributed by atoms with E-state index in [1.165, 1.54) is 33.7 Å². The van der Waals surface area contributed by atoms with Gasteiger partial charge in [0.1, 0.15) is 30.7 Å². The highest BCUT2D eigenvalue weighted by atomic mass is 79.9. The van der Waals surface area contributed by atoms with Crippen molar-refractivity contribution in [1.82, 2.24) is 20.9 Å². The number of thiocarbonyl (C=S) groups is 1. The number of Topliss-reactive ketones (excluding diaryl/α,β-unsaturated/α-hetero) is 1. The van der Waals surface area contributed by atoms with Crippen molar-refractivity contribution < 1.29 is 51.8 Å². The van der Waals surface area contributed by atoms with Crippen LogP contribution in [0.15, 0.2) is 331 Å². The minimum Gasteiger partial charge on any atom is -0.486 e. The molecule has 1 fully saturated rings. The lowest BCUT2D eigenvalue weighted by Crippen LogP contribution is -2.34. The number of carbonyl (C=O) groups excluding carboxylic acids is 6. The fourth-order valence-electron chi connectivity index (χ4n) is 15.2. The van der Waals surface area contributed by atoms with Crippen LogP contribution in [0.4, 0.5) is 34.1 Å². The summed E-state index contributed by atoms with van der Waals surface area (Å²) in [6.07, 6.45) is 5.96. The molecule has 4 amide bonds. The highest BCUT2D eigenvalue weighted by Gasteiger charge is 2.40. The van der Waals surface area contributed by atoms with Crippen LogP contribution in [0.5, 0.6) is 11.5 Å². The highest BCUT2D eigenvalue weighted by molar-refractivity contribution is 9.10. The molecule has 1 aliphatic carbocycles. The number of oxazole rings is 1. The molecule has 0 spiro atoms. The van der Waals surface area contributed by atoms with Crippen molar-refractivity contribution >= 4 is 194 Å². The van der Waals surface area contributed by atoms with Gasteiger partial charge in [-0.3, -0.25) is 29.3 Å². The molecular formula is C106H91BrCl4N10O11S2. The zero-order valence-corrected chi connectivity index (χ0v) is 79.7. The number of furan rings is 1. The Balaban J connectivity index is 0.000000129. The van der Waals surface area contributed by atoms with Crippen LogP contribution in [0.3, 0.4) is 0 Å². The van der Waals surface area contributed by atoms with Crippen LogP contribution in [0.25, 0.3) is 39.4 Å². The predicted octanol–water partition coefficient (Wildman–Crippen LogP) is 26.4. The number of nitrogens with zero attached hydrogens (tertiary/aromatic N) is 2. The van der Waals surface area contributed by atoms with E-state index in [0.717, 1.165) is 79.7 Å². The average molecular weight is 1970 g/mol. The lowest BCUT2D eigenvalue weighted by molar-refractivity contribution is -0.139. The number of allylic oxidation sites excluding steroid dienone is 3. The number of carbonyl (C=O) groups is 6. The van der Waals surface area contributed by atoms with Crippen molar-refractivity contribution in [2.24, 2.45) is 4.99 Å². The fourth-order valence-corrected chi connectivity index (χ4v) is 17.4. The maximum Gasteiger partial charge on any atom is 0.336 e. The fraction of sp³-hybridized carbons (Fsp3) is 0.160. The first-order chi connectivity index (χ1) is 64.7. The van der Waals surface area contributed by atoms with Gasteiger partial charge in [0.05, 0.1) is 44.6 Å². The van der Waals surface area contributed by atoms with Crippen LogP contribution in [0.1, 0.15) is 143 Å². The number of benzene rings is 12. The minimum atomic E-state index is -0.435. The third kappa shape index (κ3) is 24.1. The molecule has 0 radical (unpaired) electrons. The first kappa shape index (κ1) is 95.1. The summed E-state index contributed by atoms with van der Waals surface area (Å²) in [6, 6.07) is 86.9. The maximum absolute atomic E-state index is 13.2. The van der Waals surface area contributed by atoms with Gasteiger partial charge in [0.15, 0.2) is 33.1 Å². The summed E-state index contributed by atoms with van der Waals surface area (Å²) in [4.78, 5) is 84.9. The Hall–Kier alpha value is -13.6. The number of nitrogens with one attached hydrogen (secondary N) is 8. The molecule has 0 bridgehead atoms. The van der Waals surface area contributed by atoms with Gasteiger partial charge in [-0.2, -0.15) is 0 Å². The van der Waals surface area contributed by atoms with Gasteiger partial charge in [0.25, 0.3) is 23.6 Å². The lowest BCUT2D eigenvalue weighted by atomic mass is 9.75. The Labute approximate surface area is 813 Å². The maximum atomic E-state index is 13.2. The molecule has 28 heteroatoms. The van der Waals surface area contributed by atoms with Crippen LogP contribution < -0.4 is 52.0 Å². The molecule has 4 aliphatic heterocycles. The van der Waals surface area contributed by atoms with Gasteiger partial charge in [-0.25, -0.2) is 14.8 Å². The Morgan fingerprint density at radius 2 is 1.31 bits per heavy atom. The number of hydrogen-bond acceptors (Lipinski definition) is 18. The summed E-state index contributed by atoms with van der Waals surface area (Å²) in [7, 11) is 0. The quantitative estimate of drug-likeness (QED) is 0.0254. The van der Waals surface area contributed by atoms with Gasteiger partial charge in [-0.1, -0.05) is 208 Å². The van der Waals surface area contributed by atoms with E-state index in [9.17, 15) is 28.8 Å². The summed E-state index contributed by atoms with van der Waals surface area (Å²) in [5.74, 6) is 1.08. The molecule has 14 aromatic rings. The summed E-state index contributed by atoms with van der Waals surface area (Å²) in [5.41, 5.74) is 17.1. The molecule has 1 saturated heterocycles. The minimum absolute atomic E-state index is 0.0100. The van der Waals surface area contributed by atoms with Gasteiger partial charge in [0, 0.05) is 112 Å². The number of aromatic nitrogens is 1. The zero-order chi connectivity index (χ0) is 94.1. The van der Waals surface area contributed by atoms with E-state index in [2.05, 4.69) is 152 Å². The highest BCUT2D eigenvalue weighted by Crippen LogP contribution is 2.45. The molecule has 134 heavy (non-hydrogen) atoms. The van der Waals surface area contributed by atoms with E-state index in [4.69, 9.17) is 81.7 Å². The molecule has 0 saturated carbocycles. The van der Waals surface area contributed by atoms with E-state index in [-0.39, 0.29) is 58.7 Å². The number of fused-ring (bicyclic) bond motifs is 2. The number of amidine groups is 1. The number of ether oxygens (including phenoxy) is 3. The summed E-state index contributed by atoms with van der Waals surface area (Å²) >= 11 is 34.3. The van der Waals surface area contributed by atoms with Crippen LogP contribution in [0, 0.1) is 0 Å². The topological polar surface area (TPSA) is 278 Å². The molecule has 19 rings (SSSR count). The first-order valence-corrected chi connectivity index (χ1v) is 46.6. The largest absolute Gasteiger partial charge is 0.486 e. The van der Waals surface area contributed by atoms with Crippen molar-refractivity contribution in [1.29, 1.82) is 0 Å². The van der Waals surface area contributed by atoms with E-state index in [0.29, 0.717) is 130 Å². The number of thioether (sulfide) groups is 1. The van der Waals surface area contributed by atoms with E-state index >= 15 is 0 Å². The van der Waals surface area contributed by atoms with Gasteiger partial charge < -0.3 is 60.3 Å². The van der Waals surface area contributed by atoms with Crippen LogP contribution in [0.2, 0.25) is 20.1 Å². The standard InChI is InChI=1S/C26H26N2O4.C25H24ClNO3.C24H20BrN3O2S.C17H13ClN2.C14H8Cl2N2O2S/c1-26(2,3)19-7-4-17(5-8-19)24(29)27-20-9-11-21(12-10-20)28-25(30)18-6-13-22-23(16-18)32-15-14-31-22;1-16-22(25(29)30-15-14-17-6-3-2-4-7-17)23(18-10-12-19(26)13-11-18)24-20(27-16)8-5-9-21(24)28;1-14(2)15-10-11-21-20(13-15)27-23(30-21)16-6-5-7-17(12-16)26-24(31)28-22(29)18-8-3-4-9-19(18)25;18-13-8-2-1-7-12(13)17-19-14-9-3-5-11-6-4-10-15(20-17)16(11)14;15-9-4-1-5-10(12(9)16)17-14-18-13(19)11(21-14)7-8-3-2-6-20-8/h4-13,16H,14-15H2,1-3H3,(H,27,29)(H,28,30);2-4,6-7,10-13,23,27H,5,8-9,14-15H2,1H3;3-14H,1-2H3,(H2,26,28,29,31);1-10,17,19-20H;1-7H,(H,17,18,19)/b;;;;11-7-. The molecular weight excluding hydrogens is 1880 g/mol. The average Bonchev–Trinajstić information content (AvgIpc) is 1.02. The summed E-state index contributed by atoms with van der Waals surface area (Å²) < 4.78 is 28.5. The van der Waals surface area contributed by atoms with Gasteiger partial charge in [-0.15, -0.1) is 0 Å². The molecule has 8 N–H and O–H groups in total. The zero-order valence-electron chi connectivity index (χ0n) is 73.5. The Morgan fingerprint density at radius 1 is 0.649 bits per heavy atom. The van der Waals surface area contributed by atoms with Crippen LogP contribution in [-0.4, -0.2) is 70.5 Å². The smallest absolute Gasteiger partial charge is 0.336 e. The normalized spacial score (nSPS) is 14.7. The van der Waals surface area contributed by atoms with Crippen molar-refractivity contribution in [3.05, 3.63) is 388 Å². The summed E-state index contributed by atoms with van der Waals surface area (Å²) in [6.45, 7) is 13.8. The second-order valence-corrected chi connectivity index (χ2v) is 36.7. The monoisotopic (exact) mass is 1960 g/mol. The van der Waals surface area contributed by atoms with Crippen LogP contribution >= 0.6 is 86.3 Å². The number of halogens is 5. The van der Waals surface area contributed by atoms with Gasteiger partial charge >= 0.3 is 5.97 Å². The number of amides is 4. The molecule has 5 aliphatic rings. The number of dihydropyridines is 1. The molecule has 12 aromatic carbocycles. The molecule has 678 valence electrons. The van der Waals surface area contributed by atoms with Crippen molar-refractivity contribution in [3.63, 3.8) is 0 Å². The molecule has 6 heterocycles. The number of hydrogen-bond donors (Lipinski definition) is 8. The Morgan fingerprint density at radius 3 is 2.01 bits per heavy atom. The summed E-state index contributed by atoms with van der Waals surface area (Å²) in [5, 5.41) is 29.8. The second-order valence-electron chi connectivity index (χ2n) is 32.8. The van der Waals surface area contributed by atoms with Gasteiger partial charge in [-0.05, 0) is 250 Å². The number of ketones is 1. The predicted molar refractivity (Wildman–Crippen MR) is 545 cm³/mol. The SMILES string of the molecule is CC(C)(C)c1ccc(C(=O)Nc2ccc(NC(=O)c3ccc4c(c3)OCCO4)cc2)cc1.CC(C)c1ccc2oc(-c3cccc(NC(=S)NC(=O)c4ccccc4Br)c3)nc2c1.CC1=C(C(=O)OCCc2ccccc2)C(c2ccc(Cl)cc2)C2=C(CCCC2=O)N1.Clc1ccccc1C1Nc2cccc3cccc(c23)N1.O=C1NC(=Nc2cccc(Cl)c2Cl)S/C1=C\c1ccco1. The Kier molecular flexibility index (Phi) is 31.1. The van der Waals surface area contributed by atoms with Gasteiger partial charge in [0.2, 0.25) is 5.89 Å². The van der Waals surface area contributed by atoms with Crippen LogP contribution in [-0.2, 0) is 31.0 Å². The third-order valence-corrected chi connectivity index (χ3v) is 25.2. The molecule has 2 aromatic heterocycles. The van der Waals surface area contributed by atoms with E-state index < -0.39 is 5.92 Å². The van der Waals surface area contributed by atoms with Crippen molar-refractivity contribution in [3.8, 4) is 23.0 Å². The van der Waals surface area contributed by atoms with E-state index in [1.807, 2.05) is 134 Å². The lowest BCUT2D eigenvalue weighted by Gasteiger charge is -2.34. The first-order valence-electron chi connectivity index (χ1n) is 43.1. The van der Waals surface area contributed by atoms with Crippen molar-refractivity contribution in [2.75, 3.05) is 46.4 Å². The molecule has 21 nitrogen and oxygen atoms in total.